The van der Waals surface area contributed by atoms with Gasteiger partial charge in [-0.15, -0.1) is 0 Å². The van der Waals surface area contributed by atoms with Gasteiger partial charge in [-0.25, -0.2) is 0 Å². The van der Waals surface area contributed by atoms with Crippen LogP contribution in [-0.2, 0) is 0 Å². The van der Waals surface area contributed by atoms with Crippen molar-refractivity contribution in [2.75, 3.05) is 26.2 Å². The molecule has 3 heteroatoms. The molecule has 102 valence electrons. The molecule has 0 atom stereocenters. The summed E-state index contributed by atoms with van der Waals surface area (Å²) in [6.45, 7) is 8.57. The number of unbranched alkanes of at least 4 members (excludes halogenated alkanes) is 3. The number of nitrogens with one attached hydrogen (secondary N) is 1. The summed E-state index contributed by atoms with van der Waals surface area (Å²) in [6.07, 6.45) is 7.24. The first kappa shape index (κ1) is 14.9. The first-order chi connectivity index (χ1) is 8.24. The molecule has 0 radical (unpaired) electrons. The monoisotopic (exact) mass is 242 g/mol. The van der Waals surface area contributed by atoms with Crippen molar-refractivity contribution in [3.8, 4) is 0 Å². The lowest BCUT2D eigenvalue weighted by Crippen LogP contribution is -2.45. The van der Waals surface area contributed by atoms with Crippen LogP contribution in [-0.4, -0.2) is 48.3 Å². The molecule has 1 aliphatic rings. The van der Waals surface area contributed by atoms with Crippen LogP contribution in [0.4, 0.5) is 0 Å². The highest BCUT2D eigenvalue weighted by atomic mass is 16.2. The van der Waals surface area contributed by atoms with Crippen molar-refractivity contribution >= 4 is 0 Å². The van der Waals surface area contributed by atoms with E-state index in [0.29, 0.717) is 12.6 Å². The Labute approximate surface area is 107 Å². The molecule has 0 aromatic rings. The standard InChI is InChI=1S/C14H30N2O/c1-13(2)16-10-7-14(8-11-16)15-9-5-3-4-6-12-17/h13-15,17H,3-12H2,1-2H3. The summed E-state index contributed by atoms with van der Waals surface area (Å²) in [6, 6.07) is 1.44. The zero-order chi connectivity index (χ0) is 12.5. The van der Waals surface area contributed by atoms with Crippen molar-refractivity contribution < 1.29 is 5.11 Å². The SMILES string of the molecule is CC(C)N1CCC(NCCCCCCO)CC1. The topological polar surface area (TPSA) is 35.5 Å². The van der Waals surface area contributed by atoms with E-state index in [1.165, 1.54) is 45.2 Å². The normalized spacial score (nSPS) is 19.1. The van der Waals surface area contributed by atoms with Gasteiger partial charge < -0.3 is 15.3 Å². The van der Waals surface area contributed by atoms with Crippen molar-refractivity contribution in [3.63, 3.8) is 0 Å². The summed E-state index contributed by atoms with van der Waals surface area (Å²) in [7, 11) is 0. The van der Waals surface area contributed by atoms with Gasteiger partial charge in [0, 0.05) is 18.7 Å². The number of hydrogen-bond donors (Lipinski definition) is 2. The van der Waals surface area contributed by atoms with E-state index in [1.54, 1.807) is 0 Å². The Morgan fingerprint density at radius 3 is 2.35 bits per heavy atom. The van der Waals surface area contributed by atoms with E-state index in [-0.39, 0.29) is 0 Å². The number of piperidine rings is 1. The Balaban J connectivity index is 1.95. The van der Waals surface area contributed by atoms with Gasteiger partial charge in [-0.2, -0.15) is 0 Å². The molecule has 1 aliphatic heterocycles. The minimum absolute atomic E-state index is 0.348. The van der Waals surface area contributed by atoms with E-state index >= 15 is 0 Å². The Bertz CT molecular complexity index is 177. The van der Waals surface area contributed by atoms with Gasteiger partial charge in [0.15, 0.2) is 0 Å². The van der Waals surface area contributed by atoms with Crippen LogP contribution in [0.25, 0.3) is 0 Å². The van der Waals surface area contributed by atoms with Crippen molar-refractivity contribution in [2.45, 2.75) is 64.5 Å². The Hall–Kier alpha value is -0.120. The summed E-state index contributed by atoms with van der Waals surface area (Å²) < 4.78 is 0. The van der Waals surface area contributed by atoms with Gasteiger partial charge in [0.1, 0.15) is 0 Å². The van der Waals surface area contributed by atoms with E-state index in [9.17, 15) is 0 Å². The van der Waals surface area contributed by atoms with Crippen LogP contribution in [0.2, 0.25) is 0 Å². The highest BCUT2D eigenvalue weighted by Crippen LogP contribution is 2.12. The molecule has 0 bridgehead atoms. The number of nitrogens with zero attached hydrogens (tertiary/aromatic N) is 1. The molecule has 0 aromatic heterocycles. The number of hydrogen-bond acceptors (Lipinski definition) is 3. The molecule has 0 aromatic carbocycles. The van der Waals surface area contributed by atoms with Crippen LogP contribution in [0, 0.1) is 0 Å². The van der Waals surface area contributed by atoms with Crippen LogP contribution in [0.5, 0.6) is 0 Å². The lowest BCUT2D eigenvalue weighted by atomic mass is 10.0. The fourth-order valence-corrected chi connectivity index (χ4v) is 2.52. The molecule has 17 heavy (non-hydrogen) atoms. The molecular formula is C14H30N2O. The highest BCUT2D eigenvalue weighted by molar-refractivity contribution is 4.78. The number of aliphatic hydroxyl groups is 1. The van der Waals surface area contributed by atoms with Gasteiger partial charge in [0.25, 0.3) is 0 Å². The molecule has 1 rings (SSSR count). The molecule has 0 amide bonds. The van der Waals surface area contributed by atoms with Gasteiger partial charge in [-0.1, -0.05) is 12.8 Å². The average Bonchev–Trinajstić information content (AvgIpc) is 2.34. The molecular weight excluding hydrogens is 212 g/mol. The van der Waals surface area contributed by atoms with Crippen molar-refractivity contribution in [1.29, 1.82) is 0 Å². The maximum Gasteiger partial charge on any atom is 0.0431 e. The fraction of sp³-hybridized carbons (Fsp3) is 1.00. The second kappa shape index (κ2) is 8.90. The number of rotatable bonds is 8. The number of likely N-dealkylation sites (tertiary alicyclic amines) is 1. The van der Waals surface area contributed by atoms with Gasteiger partial charge in [0.2, 0.25) is 0 Å². The van der Waals surface area contributed by atoms with E-state index in [2.05, 4.69) is 24.1 Å². The summed E-state index contributed by atoms with van der Waals surface area (Å²) >= 11 is 0. The van der Waals surface area contributed by atoms with E-state index < -0.39 is 0 Å². The predicted octanol–water partition coefficient (Wildman–Crippen LogP) is 2.00. The summed E-state index contributed by atoms with van der Waals surface area (Å²) in [5.41, 5.74) is 0. The highest BCUT2D eigenvalue weighted by Gasteiger charge is 2.19. The molecule has 2 N–H and O–H groups in total. The molecule has 1 heterocycles. The minimum atomic E-state index is 0.348. The Morgan fingerprint density at radius 1 is 1.12 bits per heavy atom. The maximum atomic E-state index is 8.68. The second-order valence-electron chi connectivity index (χ2n) is 5.50. The van der Waals surface area contributed by atoms with E-state index in [0.717, 1.165) is 19.0 Å². The fourth-order valence-electron chi connectivity index (χ4n) is 2.52. The number of aliphatic hydroxyl groups excluding tert-OH is 1. The molecule has 1 fully saturated rings. The van der Waals surface area contributed by atoms with E-state index in [4.69, 9.17) is 5.11 Å². The van der Waals surface area contributed by atoms with Gasteiger partial charge in [-0.05, 0) is 59.2 Å². The molecule has 0 saturated carbocycles. The van der Waals surface area contributed by atoms with Crippen LogP contribution in [0.1, 0.15) is 52.4 Å². The quantitative estimate of drug-likeness (QED) is 0.639. The molecule has 1 saturated heterocycles. The average molecular weight is 242 g/mol. The Morgan fingerprint density at radius 2 is 1.76 bits per heavy atom. The molecule has 0 spiro atoms. The molecule has 0 unspecified atom stereocenters. The van der Waals surface area contributed by atoms with Gasteiger partial charge in [-0.3, -0.25) is 0 Å². The van der Waals surface area contributed by atoms with Crippen molar-refractivity contribution in [3.05, 3.63) is 0 Å². The first-order valence-electron chi connectivity index (χ1n) is 7.32. The predicted molar refractivity (Wildman–Crippen MR) is 73.3 cm³/mol. The van der Waals surface area contributed by atoms with Gasteiger partial charge in [0.05, 0.1) is 0 Å². The van der Waals surface area contributed by atoms with E-state index in [1.807, 2.05) is 0 Å². The third kappa shape index (κ3) is 6.39. The second-order valence-corrected chi connectivity index (χ2v) is 5.50. The van der Waals surface area contributed by atoms with Crippen LogP contribution in [0.15, 0.2) is 0 Å². The minimum Gasteiger partial charge on any atom is -0.396 e. The molecule has 3 nitrogen and oxygen atoms in total. The summed E-state index contributed by atoms with van der Waals surface area (Å²) in [5.74, 6) is 0. The van der Waals surface area contributed by atoms with Crippen LogP contribution < -0.4 is 5.32 Å². The molecule has 0 aliphatic carbocycles. The largest absolute Gasteiger partial charge is 0.396 e. The van der Waals surface area contributed by atoms with Crippen molar-refractivity contribution in [2.24, 2.45) is 0 Å². The summed E-state index contributed by atoms with van der Waals surface area (Å²) in [5, 5.41) is 12.3. The summed E-state index contributed by atoms with van der Waals surface area (Å²) in [4.78, 5) is 2.57. The zero-order valence-corrected chi connectivity index (χ0v) is 11.6. The maximum absolute atomic E-state index is 8.68. The van der Waals surface area contributed by atoms with Crippen molar-refractivity contribution in [1.82, 2.24) is 10.2 Å². The van der Waals surface area contributed by atoms with Crippen LogP contribution >= 0.6 is 0 Å². The smallest absolute Gasteiger partial charge is 0.0431 e. The third-order valence-corrected chi connectivity index (χ3v) is 3.78. The lowest BCUT2D eigenvalue weighted by molar-refractivity contribution is 0.161. The lowest BCUT2D eigenvalue weighted by Gasteiger charge is -2.35. The zero-order valence-electron chi connectivity index (χ0n) is 11.6. The third-order valence-electron chi connectivity index (χ3n) is 3.78. The first-order valence-corrected chi connectivity index (χ1v) is 7.32. The van der Waals surface area contributed by atoms with Gasteiger partial charge >= 0.3 is 0 Å². The Kier molecular flexibility index (Phi) is 7.82. The van der Waals surface area contributed by atoms with Crippen LogP contribution in [0.3, 0.4) is 0 Å².